The summed E-state index contributed by atoms with van der Waals surface area (Å²) in [5.41, 5.74) is 5.56. The molecule has 0 spiro atoms. The number of primary amides is 1. The molecule has 18 heavy (non-hydrogen) atoms. The van der Waals surface area contributed by atoms with Crippen LogP contribution in [0.4, 0.5) is 0 Å². The standard InChI is InChI=1S/C11H13NO5S/c12-10(13)7-18(16,17)9-4-1-8(2-5-9)3-6-11(14)15/h1-2,4-5H,3,6-7H2,(H2,12,13)(H,14,15). The van der Waals surface area contributed by atoms with Gasteiger partial charge in [-0.3, -0.25) is 9.59 Å². The number of benzene rings is 1. The summed E-state index contributed by atoms with van der Waals surface area (Å²) in [6.07, 6.45) is 0.304. The van der Waals surface area contributed by atoms with E-state index < -0.39 is 27.5 Å². The van der Waals surface area contributed by atoms with Crippen LogP contribution >= 0.6 is 0 Å². The molecule has 0 aliphatic heterocycles. The molecule has 1 aromatic carbocycles. The van der Waals surface area contributed by atoms with Crippen LogP contribution in [0.3, 0.4) is 0 Å². The van der Waals surface area contributed by atoms with E-state index in [0.717, 1.165) is 5.56 Å². The van der Waals surface area contributed by atoms with E-state index in [1.807, 2.05) is 0 Å². The van der Waals surface area contributed by atoms with Gasteiger partial charge in [0.25, 0.3) is 0 Å². The van der Waals surface area contributed by atoms with Gasteiger partial charge in [0.2, 0.25) is 5.91 Å². The number of carboxylic acids is 1. The first-order chi connectivity index (χ1) is 8.31. The summed E-state index contributed by atoms with van der Waals surface area (Å²) < 4.78 is 23.3. The highest BCUT2D eigenvalue weighted by atomic mass is 32.2. The van der Waals surface area contributed by atoms with Crippen LogP contribution < -0.4 is 5.73 Å². The lowest BCUT2D eigenvalue weighted by Crippen LogP contribution is -2.23. The predicted octanol–water partition coefficient (Wildman–Crippen LogP) is -0.0372. The number of hydrogen-bond donors (Lipinski definition) is 2. The number of carboxylic acid groups (broad SMARTS) is 1. The minimum absolute atomic E-state index is 0.000347. The van der Waals surface area contributed by atoms with Gasteiger partial charge in [-0.15, -0.1) is 0 Å². The zero-order valence-corrected chi connectivity index (χ0v) is 10.3. The first kappa shape index (κ1) is 14.2. The lowest BCUT2D eigenvalue weighted by atomic mass is 10.1. The van der Waals surface area contributed by atoms with E-state index >= 15 is 0 Å². The SMILES string of the molecule is NC(=O)CS(=O)(=O)c1ccc(CCC(=O)O)cc1. The second kappa shape index (κ2) is 5.63. The molecular weight excluding hydrogens is 258 g/mol. The Morgan fingerprint density at radius 3 is 2.17 bits per heavy atom. The maximum Gasteiger partial charge on any atom is 0.303 e. The molecule has 0 radical (unpaired) electrons. The van der Waals surface area contributed by atoms with Crippen molar-refractivity contribution in [3.05, 3.63) is 29.8 Å². The van der Waals surface area contributed by atoms with Crippen LogP contribution in [0.5, 0.6) is 0 Å². The number of sulfone groups is 1. The van der Waals surface area contributed by atoms with E-state index in [0.29, 0.717) is 6.42 Å². The first-order valence-corrected chi connectivity index (χ1v) is 6.78. The Kier molecular flexibility index (Phi) is 4.43. The number of hydrogen-bond acceptors (Lipinski definition) is 4. The largest absolute Gasteiger partial charge is 0.481 e. The fraction of sp³-hybridized carbons (Fsp3) is 0.273. The molecule has 0 aliphatic rings. The summed E-state index contributed by atoms with van der Waals surface area (Å²) in [4.78, 5) is 21.0. The maximum absolute atomic E-state index is 11.6. The smallest absolute Gasteiger partial charge is 0.303 e. The Morgan fingerprint density at radius 2 is 1.72 bits per heavy atom. The van der Waals surface area contributed by atoms with E-state index in [1.54, 1.807) is 0 Å². The first-order valence-electron chi connectivity index (χ1n) is 5.13. The Morgan fingerprint density at radius 1 is 1.17 bits per heavy atom. The predicted molar refractivity (Wildman–Crippen MR) is 63.6 cm³/mol. The van der Waals surface area contributed by atoms with Crippen molar-refractivity contribution < 1.29 is 23.1 Å². The third kappa shape index (κ3) is 4.17. The molecule has 0 bridgehead atoms. The van der Waals surface area contributed by atoms with Gasteiger partial charge in [-0.05, 0) is 24.1 Å². The number of amides is 1. The highest BCUT2D eigenvalue weighted by Gasteiger charge is 2.17. The van der Waals surface area contributed by atoms with Gasteiger partial charge >= 0.3 is 5.97 Å². The molecule has 0 aliphatic carbocycles. The van der Waals surface area contributed by atoms with Crippen LogP contribution in [-0.4, -0.2) is 31.2 Å². The third-order valence-electron chi connectivity index (χ3n) is 2.24. The number of aryl methyl sites for hydroxylation is 1. The van der Waals surface area contributed by atoms with Gasteiger partial charge in [0.05, 0.1) is 4.90 Å². The van der Waals surface area contributed by atoms with Gasteiger partial charge < -0.3 is 10.8 Å². The normalized spacial score (nSPS) is 11.1. The second-order valence-corrected chi connectivity index (χ2v) is 5.75. The summed E-state index contributed by atoms with van der Waals surface area (Å²) in [5.74, 6) is -2.56. The van der Waals surface area contributed by atoms with E-state index in [-0.39, 0.29) is 11.3 Å². The van der Waals surface area contributed by atoms with Crippen molar-refractivity contribution in [3.63, 3.8) is 0 Å². The number of aliphatic carboxylic acids is 1. The number of rotatable bonds is 6. The molecule has 7 heteroatoms. The van der Waals surface area contributed by atoms with E-state index in [4.69, 9.17) is 10.8 Å². The van der Waals surface area contributed by atoms with Gasteiger partial charge in [-0.2, -0.15) is 0 Å². The zero-order chi connectivity index (χ0) is 13.8. The number of nitrogens with two attached hydrogens (primary N) is 1. The molecule has 0 saturated heterocycles. The summed E-state index contributed by atoms with van der Waals surface area (Å²) >= 11 is 0. The molecule has 0 saturated carbocycles. The second-order valence-electron chi connectivity index (χ2n) is 3.76. The number of carbonyl (C=O) groups excluding carboxylic acids is 1. The van der Waals surface area contributed by atoms with Crippen LogP contribution in [0, 0.1) is 0 Å². The fourth-order valence-corrected chi connectivity index (χ4v) is 2.48. The Labute approximate surface area is 104 Å². The average molecular weight is 271 g/mol. The van der Waals surface area contributed by atoms with Gasteiger partial charge in [-0.25, -0.2) is 8.42 Å². The highest BCUT2D eigenvalue weighted by molar-refractivity contribution is 7.92. The van der Waals surface area contributed by atoms with Crippen molar-refractivity contribution in [1.82, 2.24) is 0 Å². The topological polar surface area (TPSA) is 115 Å². The van der Waals surface area contributed by atoms with Crippen molar-refractivity contribution in [1.29, 1.82) is 0 Å². The lowest BCUT2D eigenvalue weighted by Gasteiger charge is -2.03. The van der Waals surface area contributed by atoms with Crippen LogP contribution in [0.2, 0.25) is 0 Å². The molecule has 1 rings (SSSR count). The quantitative estimate of drug-likeness (QED) is 0.753. The molecule has 0 unspecified atom stereocenters. The van der Waals surface area contributed by atoms with Crippen molar-refractivity contribution in [2.24, 2.45) is 5.73 Å². The van der Waals surface area contributed by atoms with Gasteiger partial charge in [0.15, 0.2) is 9.84 Å². The molecular formula is C11H13NO5S. The Bertz CT molecular complexity index is 547. The zero-order valence-electron chi connectivity index (χ0n) is 9.50. The fourth-order valence-electron chi connectivity index (χ4n) is 1.39. The summed E-state index contributed by atoms with van der Waals surface area (Å²) in [6.45, 7) is 0. The molecule has 0 heterocycles. The van der Waals surface area contributed by atoms with Crippen LogP contribution in [0.25, 0.3) is 0 Å². The minimum atomic E-state index is -3.70. The van der Waals surface area contributed by atoms with Gasteiger partial charge in [0.1, 0.15) is 5.75 Å². The summed E-state index contributed by atoms with van der Waals surface area (Å²) in [6, 6.07) is 5.73. The number of carbonyl (C=O) groups is 2. The molecule has 1 amide bonds. The van der Waals surface area contributed by atoms with E-state index in [2.05, 4.69) is 0 Å². The highest BCUT2D eigenvalue weighted by Crippen LogP contribution is 2.13. The molecule has 3 N–H and O–H groups in total. The van der Waals surface area contributed by atoms with E-state index in [9.17, 15) is 18.0 Å². The maximum atomic E-state index is 11.6. The molecule has 1 aromatic rings. The molecule has 0 atom stereocenters. The van der Waals surface area contributed by atoms with Crippen LogP contribution in [0.15, 0.2) is 29.2 Å². The van der Waals surface area contributed by atoms with Gasteiger partial charge in [-0.1, -0.05) is 12.1 Å². The molecule has 6 nitrogen and oxygen atoms in total. The summed E-state index contributed by atoms with van der Waals surface area (Å²) in [7, 11) is -3.70. The third-order valence-corrected chi connectivity index (χ3v) is 3.90. The van der Waals surface area contributed by atoms with E-state index in [1.165, 1.54) is 24.3 Å². The lowest BCUT2D eigenvalue weighted by molar-refractivity contribution is -0.137. The Hall–Kier alpha value is -1.89. The molecule has 0 fully saturated rings. The average Bonchev–Trinajstić information content (AvgIpc) is 2.25. The molecule has 98 valence electrons. The van der Waals surface area contributed by atoms with Crippen molar-refractivity contribution >= 4 is 21.7 Å². The van der Waals surface area contributed by atoms with Gasteiger partial charge in [0, 0.05) is 6.42 Å². The van der Waals surface area contributed by atoms with Crippen molar-refractivity contribution in [3.8, 4) is 0 Å². The van der Waals surface area contributed by atoms with Crippen molar-refractivity contribution in [2.45, 2.75) is 17.7 Å². The monoisotopic (exact) mass is 271 g/mol. The van der Waals surface area contributed by atoms with Crippen LogP contribution in [0.1, 0.15) is 12.0 Å². The summed E-state index contributed by atoms with van der Waals surface area (Å²) in [5, 5.41) is 8.51. The Balaban J connectivity index is 2.82. The molecule has 0 aromatic heterocycles. The minimum Gasteiger partial charge on any atom is -0.481 e. The van der Waals surface area contributed by atoms with Crippen molar-refractivity contribution in [2.75, 3.05) is 5.75 Å². The van der Waals surface area contributed by atoms with Crippen LogP contribution in [-0.2, 0) is 25.8 Å².